The lowest BCUT2D eigenvalue weighted by Gasteiger charge is -2.30. The van der Waals surface area contributed by atoms with Crippen LogP contribution >= 0.6 is 0 Å². The first kappa shape index (κ1) is 14.4. The number of carbonyl (C=O) groups is 1. The molecule has 0 aliphatic carbocycles. The summed E-state index contributed by atoms with van der Waals surface area (Å²) in [5.41, 5.74) is 0. The number of amides is 1. The van der Waals surface area contributed by atoms with Gasteiger partial charge in [0.1, 0.15) is 12.6 Å². The van der Waals surface area contributed by atoms with E-state index in [9.17, 15) is 4.79 Å². The molecule has 2 atom stereocenters. The maximum atomic E-state index is 12.4. The zero-order valence-corrected chi connectivity index (χ0v) is 12.7. The highest BCUT2D eigenvalue weighted by Gasteiger charge is 2.26. The molecular weight excluding hydrogens is 282 g/mol. The molecule has 3 rings (SSSR count). The van der Waals surface area contributed by atoms with Crippen molar-refractivity contribution in [3.8, 4) is 11.5 Å². The second-order valence-electron chi connectivity index (χ2n) is 5.38. The Labute approximate surface area is 129 Å². The van der Waals surface area contributed by atoms with E-state index in [4.69, 9.17) is 9.47 Å². The number of para-hydroxylation sites is 2. The number of hydrogen-bond donors (Lipinski definition) is 0. The van der Waals surface area contributed by atoms with Gasteiger partial charge in [-0.2, -0.15) is 5.10 Å². The van der Waals surface area contributed by atoms with E-state index in [-0.39, 0.29) is 18.1 Å². The first-order valence-electron chi connectivity index (χ1n) is 7.27. The van der Waals surface area contributed by atoms with Crippen LogP contribution in [0.25, 0.3) is 0 Å². The van der Waals surface area contributed by atoms with Crippen molar-refractivity contribution in [1.29, 1.82) is 0 Å². The van der Waals surface area contributed by atoms with Gasteiger partial charge >= 0.3 is 0 Å². The minimum Gasteiger partial charge on any atom is -0.486 e. The number of rotatable bonds is 4. The van der Waals surface area contributed by atoms with Crippen LogP contribution in [0.5, 0.6) is 11.5 Å². The molecule has 2 aromatic rings. The van der Waals surface area contributed by atoms with Crippen molar-refractivity contribution in [2.75, 3.05) is 20.2 Å². The predicted molar refractivity (Wildman–Crippen MR) is 80.9 cm³/mol. The molecule has 0 unspecified atom stereocenters. The summed E-state index contributed by atoms with van der Waals surface area (Å²) in [6.45, 7) is 2.74. The highest BCUT2D eigenvalue weighted by molar-refractivity contribution is 5.79. The number of likely N-dealkylation sites (N-methyl/N-ethyl adjacent to an activating group) is 1. The minimum absolute atomic E-state index is 0.00819. The van der Waals surface area contributed by atoms with Crippen molar-refractivity contribution >= 4 is 5.91 Å². The van der Waals surface area contributed by atoms with Crippen LogP contribution in [0.15, 0.2) is 42.7 Å². The molecule has 0 saturated carbocycles. The van der Waals surface area contributed by atoms with E-state index in [1.54, 1.807) is 35.1 Å². The van der Waals surface area contributed by atoms with Crippen molar-refractivity contribution in [3.05, 3.63) is 42.7 Å². The summed E-state index contributed by atoms with van der Waals surface area (Å²) in [5.74, 6) is 1.46. The zero-order chi connectivity index (χ0) is 15.5. The van der Waals surface area contributed by atoms with Crippen molar-refractivity contribution in [2.24, 2.45) is 0 Å². The fourth-order valence-electron chi connectivity index (χ4n) is 2.49. The van der Waals surface area contributed by atoms with E-state index in [1.165, 1.54) is 0 Å². The van der Waals surface area contributed by atoms with E-state index < -0.39 is 0 Å². The molecule has 0 fully saturated rings. The van der Waals surface area contributed by atoms with Gasteiger partial charge in [-0.05, 0) is 25.1 Å². The largest absolute Gasteiger partial charge is 0.486 e. The van der Waals surface area contributed by atoms with Gasteiger partial charge in [0.15, 0.2) is 17.6 Å². The van der Waals surface area contributed by atoms with Crippen LogP contribution in [0.2, 0.25) is 0 Å². The monoisotopic (exact) mass is 301 g/mol. The molecule has 1 aliphatic heterocycles. The highest BCUT2D eigenvalue weighted by atomic mass is 16.6. The number of benzene rings is 1. The fraction of sp³-hybridized carbons (Fsp3) is 0.375. The van der Waals surface area contributed by atoms with Crippen LogP contribution in [-0.4, -0.2) is 46.9 Å². The Balaban J connectivity index is 1.60. The molecule has 6 heteroatoms. The summed E-state index contributed by atoms with van der Waals surface area (Å²) in [4.78, 5) is 14.1. The first-order chi connectivity index (χ1) is 10.6. The third-order valence-corrected chi connectivity index (χ3v) is 3.70. The minimum atomic E-state index is -0.336. The summed E-state index contributed by atoms with van der Waals surface area (Å²) in [6, 6.07) is 9.02. The van der Waals surface area contributed by atoms with Crippen LogP contribution in [-0.2, 0) is 4.79 Å². The third-order valence-electron chi connectivity index (χ3n) is 3.70. The van der Waals surface area contributed by atoms with Crippen molar-refractivity contribution in [2.45, 2.75) is 19.1 Å². The van der Waals surface area contributed by atoms with Gasteiger partial charge in [0, 0.05) is 19.4 Å². The summed E-state index contributed by atoms with van der Waals surface area (Å²) in [7, 11) is 1.77. The number of hydrogen-bond acceptors (Lipinski definition) is 4. The predicted octanol–water partition coefficient (Wildman–Crippen LogP) is 1.74. The molecule has 0 radical (unpaired) electrons. The van der Waals surface area contributed by atoms with Crippen LogP contribution < -0.4 is 9.47 Å². The topological polar surface area (TPSA) is 56.6 Å². The standard InChI is InChI=1S/C16H19N3O3/c1-12(19-9-5-8-17-19)16(20)18(2)10-13-11-21-14-6-3-4-7-15(14)22-13/h3-9,12-13H,10-11H2,1-2H3/t12-,13-/m0/s1. The SMILES string of the molecule is C[C@@H](C(=O)N(C)C[C@H]1COc2ccccc2O1)n1cccn1. The number of aromatic nitrogens is 2. The van der Waals surface area contributed by atoms with Gasteiger partial charge in [-0.15, -0.1) is 0 Å². The van der Waals surface area contributed by atoms with E-state index in [2.05, 4.69) is 5.10 Å². The van der Waals surface area contributed by atoms with Crippen LogP contribution in [0, 0.1) is 0 Å². The average molecular weight is 301 g/mol. The number of fused-ring (bicyclic) bond motifs is 1. The van der Waals surface area contributed by atoms with Crippen molar-refractivity contribution in [3.63, 3.8) is 0 Å². The van der Waals surface area contributed by atoms with E-state index in [0.717, 1.165) is 11.5 Å². The maximum absolute atomic E-state index is 12.4. The van der Waals surface area contributed by atoms with E-state index >= 15 is 0 Å². The van der Waals surface area contributed by atoms with Gasteiger partial charge in [-0.1, -0.05) is 12.1 Å². The lowest BCUT2D eigenvalue weighted by Crippen LogP contribution is -2.43. The van der Waals surface area contributed by atoms with Crippen LogP contribution in [0.4, 0.5) is 0 Å². The lowest BCUT2D eigenvalue weighted by molar-refractivity contribution is -0.134. The highest BCUT2D eigenvalue weighted by Crippen LogP contribution is 2.31. The average Bonchev–Trinajstić information content (AvgIpc) is 3.07. The molecule has 0 saturated heterocycles. The van der Waals surface area contributed by atoms with Gasteiger partial charge in [0.2, 0.25) is 5.91 Å². The Morgan fingerprint density at radius 3 is 2.91 bits per heavy atom. The molecule has 0 N–H and O–H groups in total. The van der Waals surface area contributed by atoms with Gasteiger partial charge in [-0.3, -0.25) is 9.48 Å². The Bertz CT molecular complexity index is 642. The van der Waals surface area contributed by atoms with Gasteiger partial charge in [0.05, 0.1) is 6.54 Å². The molecule has 1 aromatic heterocycles. The Hall–Kier alpha value is -2.50. The number of ether oxygens (including phenoxy) is 2. The van der Waals surface area contributed by atoms with Crippen LogP contribution in [0.3, 0.4) is 0 Å². The molecule has 2 heterocycles. The molecule has 1 aromatic carbocycles. The zero-order valence-electron chi connectivity index (χ0n) is 12.7. The molecule has 6 nitrogen and oxygen atoms in total. The normalized spacial score (nSPS) is 17.8. The Morgan fingerprint density at radius 1 is 1.41 bits per heavy atom. The second kappa shape index (κ2) is 6.09. The van der Waals surface area contributed by atoms with Gasteiger partial charge in [0.25, 0.3) is 0 Å². The second-order valence-corrected chi connectivity index (χ2v) is 5.38. The lowest BCUT2D eigenvalue weighted by atomic mass is 10.2. The molecule has 22 heavy (non-hydrogen) atoms. The quantitative estimate of drug-likeness (QED) is 0.863. The summed E-state index contributed by atoms with van der Waals surface area (Å²) >= 11 is 0. The molecule has 116 valence electrons. The van der Waals surface area contributed by atoms with Gasteiger partial charge < -0.3 is 14.4 Å². The third kappa shape index (κ3) is 2.90. The van der Waals surface area contributed by atoms with Crippen LogP contribution in [0.1, 0.15) is 13.0 Å². The summed E-state index contributed by atoms with van der Waals surface area (Å²) < 4.78 is 13.2. The number of carbonyl (C=O) groups excluding carboxylic acids is 1. The Kier molecular flexibility index (Phi) is 4.00. The molecule has 1 aliphatic rings. The summed E-state index contributed by atoms with van der Waals surface area (Å²) in [5, 5.41) is 4.11. The molecule has 0 bridgehead atoms. The molecule has 1 amide bonds. The maximum Gasteiger partial charge on any atom is 0.247 e. The van der Waals surface area contributed by atoms with Crippen molar-refractivity contribution < 1.29 is 14.3 Å². The van der Waals surface area contributed by atoms with E-state index in [1.807, 2.05) is 31.2 Å². The van der Waals surface area contributed by atoms with Crippen molar-refractivity contribution in [1.82, 2.24) is 14.7 Å². The molecule has 0 spiro atoms. The molecular formula is C16H19N3O3. The first-order valence-corrected chi connectivity index (χ1v) is 7.27. The summed E-state index contributed by atoms with van der Waals surface area (Å²) in [6.07, 6.45) is 3.28. The van der Waals surface area contributed by atoms with Gasteiger partial charge in [-0.25, -0.2) is 0 Å². The number of nitrogens with zero attached hydrogens (tertiary/aromatic N) is 3. The van der Waals surface area contributed by atoms with E-state index in [0.29, 0.717) is 13.2 Å². The smallest absolute Gasteiger partial charge is 0.247 e. The fourth-order valence-corrected chi connectivity index (χ4v) is 2.49. The Morgan fingerprint density at radius 2 is 2.18 bits per heavy atom.